The lowest BCUT2D eigenvalue weighted by atomic mass is 10.0. The Morgan fingerprint density at radius 3 is 2.24 bits per heavy atom. The van der Waals surface area contributed by atoms with E-state index in [1.807, 2.05) is 48.5 Å². The number of nitrogens with zero attached hydrogens (tertiary/aromatic N) is 1. The second kappa shape index (κ2) is 13.1. The number of rotatable bonds is 10. The monoisotopic (exact) mass is 534 g/mol. The minimum atomic E-state index is -0.657. The summed E-state index contributed by atoms with van der Waals surface area (Å²) >= 11 is 19.7. The van der Waals surface area contributed by atoms with E-state index in [4.69, 9.17) is 34.8 Å². The van der Waals surface area contributed by atoms with Crippen molar-refractivity contribution in [3.63, 3.8) is 0 Å². The molecule has 0 heterocycles. The van der Waals surface area contributed by atoms with E-state index in [-0.39, 0.29) is 17.6 Å². The first-order chi connectivity index (χ1) is 16.4. The Kier molecular flexibility index (Phi) is 10.1. The van der Waals surface area contributed by atoms with Gasteiger partial charge in [0.2, 0.25) is 11.8 Å². The van der Waals surface area contributed by atoms with Crippen LogP contribution in [0.1, 0.15) is 16.7 Å². The van der Waals surface area contributed by atoms with E-state index in [0.717, 1.165) is 16.7 Å². The van der Waals surface area contributed by atoms with Crippen LogP contribution in [0.15, 0.2) is 72.8 Å². The van der Waals surface area contributed by atoms with Crippen LogP contribution in [0.3, 0.4) is 0 Å². The van der Waals surface area contributed by atoms with Crippen molar-refractivity contribution < 1.29 is 9.59 Å². The Morgan fingerprint density at radius 1 is 0.912 bits per heavy atom. The lowest BCUT2D eigenvalue weighted by molar-refractivity contribution is -0.139. The zero-order valence-corrected chi connectivity index (χ0v) is 21.7. The van der Waals surface area contributed by atoms with Crippen molar-refractivity contribution in [2.24, 2.45) is 0 Å². The Labute approximate surface area is 219 Å². The van der Waals surface area contributed by atoms with Crippen LogP contribution in [0.5, 0.6) is 0 Å². The van der Waals surface area contributed by atoms with E-state index in [0.29, 0.717) is 33.8 Å². The summed E-state index contributed by atoms with van der Waals surface area (Å²) in [5, 5.41) is 4.47. The summed E-state index contributed by atoms with van der Waals surface area (Å²) in [5.74, 6) is 0.417. The van der Waals surface area contributed by atoms with Crippen molar-refractivity contribution in [3.05, 3.63) is 105 Å². The molecule has 3 aromatic carbocycles. The van der Waals surface area contributed by atoms with Gasteiger partial charge in [0.15, 0.2) is 0 Å². The number of carbonyl (C=O) groups excluding carboxylic acids is 2. The van der Waals surface area contributed by atoms with E-state index in [2.05, 4.69) is 5.32 Å². The fourth-order valence-electron chi connectivity index (χ4n) is 3.48. The number of amides is 2. The van der Waals surface area contributed by atoms with Gasteiger partial charge in [0, 0.05) is 40.8 Å². The van der Waals surface area contributed by atoms with Gasteiger partial charge >= 0.3 is 0 Å². The van der Waals surface area contributed by atoms with Crippen molar-refractivity contribution in [1.29, 1.82) is 0 Å². The molecule has 0 aromatic heterocycles. The Bertz CT molecular complexity index is 1110. The number of hydrogen-bond acceptors (Lipinski definition) is 3. The van der Waals surface area contributed by atoms with Crippen LogP contribution in [0, 0.1) is 0 Å². The quantitative estimate of drug-likeness (QED) is 0.333. The largest absolute Gasteiger partial charge is 0.357 e. The Balaban J connectivity index is 1.80. The van der Waals surface area contributed by atoms with Crippen molar-refractivity contribution >= 4 is 58.4 Å². The van der Waals surface area contributed by atoms with Crippen LogP contribution in [0.2, 0.25) is 15.1 Å². The first-order valence-corrected chi connectivity index (χ1v) is 13.0. The molecule has 0 aliphatic carbocycles. The van der Waals surface area contributed by atoms with Gasteiger partial charge in [-0.2, -0.15) is 0 Å². The predicted molar refractivity (Wildman–Crippen MR) is 143 cm³/mol. The minimum absolute atomic E-state index is 0.130. The van der Waals surface area contributed by atoms with Crippen molar-refractivity contribution in [3.8, 4) is 0 Å². The molecule has 1 unspecified atom stereocenters. The molecule has 0 fully saturated rings. The molecule has 178 valence electrons. The van der Waals surface area contributed by atoms with Crippen LogP contribution in [0.4, 0.5) is 0 Å². The molecule has 3 rings (SSSR count). The Hall–Kier alpha value is -2.18. The van der Waals surface area contributed by atoms with Gasteiger partial charge < -0.3 is 10.2 Å². The number of carbonyl (C=O) groups is 2. The van der Waals surface area contributed by atoms with Crippen molar-refractivity contribution in [2.45, 2.75) is 24.8 Å². The third-order valence-electron chi connectivity index (χ3n) is 5.28. The molecule has 0 aliphatic heterocycles. The second-order valence-electron chi connectivity index (χ2n) is 7.70. The fraction of sp³-hybridized carbons (Fsp3) is 0.231. The summed E-state index contributed by atoms with van der Waals surface area (Å²) in [5.41, 5.74) is 2.77. The third kappa shape index (κ3) is 7.67. The summed E-state index contributed by atoms with van der Waals surface area (Å²) in [4.78, 5) is 28.0. The maximum atomic E-state index is 13.4. The molecule has 4 nitrogen and oxygen atoms in total. The van der Waals surface area contributed by atoms with Gasteiger partial charge in [-0.15, -0.1) is 11.8 Å². The molecular formula is C26H25Cl3N2O2S. The molecule has 34 heavy (non-hydrogen) atoms. The van der Waals surface area contributed by atoms with E-state index < -0.39 is 6.04 Å². The molecule has 0 radical (unpaired) electrons. The van der Waals surface area contributed by atoms with Gasteiger partial charge in [-0.3, -0.25) is 9.59 Å². The molecule has 0 bridgehead atoms. The molecule has 0 saturated heterocycles. The molecule has 1 N–H and O–H groups in total. The highest BCUT2D eigenvalue weighted by molar-refractivity contribution is 7.99. The van der Waals surface area contributed by atoms with Crippen LogP contribution in [-0.2, 0) is 28.3 Å². The number of hydrogen-bond donors (Lipinski definition) is 1. The van der Waals surface area contributed by atoms with Gasteiger partial charge in [0.05, 0.1) is 5.75 Å². The lowest BCUT2D eigenvalue weighted by Crippen LogP contribution is -2.50. The topological polar surface area (TPSA) is 49.4 Å². The van der Waals surface area contributed by atoms with Crippen LogP contribution in [0.25, 0.3) is 0 Å². The van der Waals surface area contributed by atoms with Gasteiger partial charge in [-0.05, 0) is 41.0 Å². The van der Waals surface area contributed by atoms with E-state index in [1.165, 1.54) is 11.8 Å². The van der Waals surface area contributed by atoms with Crippen molar-refractivity contribution in [1.82, 2.24) is 10.2 Å². The minimum Gasteiger partial charge on any atom is -0.357 e. The highest BCUT2D eigenvalue weighted by atomic mass is 35.5. The first kappa shape index (κ1) is 26.4. The number of halogens is 3. The first-order valence-electron chi connectivity index (χ1n) is 10.7. The summed E-state index contributed by atoms with van der Waals surface area (Å²) < 4.78 is 0. The predicted octanol–water partition coefficient (Wildman–Crippen LogP) is 6.27. The molecule has 2 amide bonds. The van der Waals surface area contributed by atoms with E-state index in [9.17, 15) is 9.59 Å². The Morgan fingerprint density at radius 2 is 1.59 bits per heavy atom. The lowest BCUT2D eigenvalue weighted by Gasteiger charge is -2.31. The van der Waals surface area contributed by atoms with Crippen LogP contribution >= 0.6 is 46.6 Å². The smallest absolute Gasteiger partial charge is 0.242 e. The maximum absolute atomic E-state index is 13.4. The summed E-state index contributed by atoms with van der Waals surface area (Å²) in [6, 6.07) is 21.6. The molecule has 1 atom stereocenters. The van der Waals surface area contributed by atoms with Gasteiger partial charge in [0.1, 0.15) is 6.04 Å². The molecule has 3 aromatic rings. The van der Waals surface area contributed by atoms with E-state index >= 15 is 0 Å². The van der Waals surface area contributed by atoms with Crippen molar-refractivity contribution in [2.75, 3.05) is 12.8 Å². The van der Waals surface area contributed by atoms with Gasteiger partial charge in [-0.1, -0.05) is 83.3 Å². The summed E-state index contributed by atoms with van der Waals surface area (Å²) in [6.07, 6.45) is 0.410. The third-order valence-corrected chi connectivity index (χ3v) is 7.09. The highest BCUT2D eigenvalue weighted by Crippen LogP contribution is 2.25. The second-order valence-corrected chi connectivity index (χ2v) is 9.96. The fourth-order valence-corrected chi connectivity index (χ4v) is 5.07. The zero-order valence-electron chi connectivity index (χ0n) is 18.6. The standard InChI is InChI=1S/C26H25Cl3N2O2S/c1-30-26(33)24(13-18-5-3-2-4-6-18)31(15-19-7-10-21(27)11-8-19)25(32)17-34-16-20-9-12-22(28)14-23(20)29/h2-12,14,24H,13,15-17H2,1H3,(H,30,33). The molecule has 0 saturated carbocycles. The van der Waals surface area contributed by atoms with Gasteiger partial charge in [0.25, 0.3) is 0 Å². The van der Waals surface area contributed by atoms with E-state index in [1.54, 1.807) is 36.2 Å². The molecule has 0 aliphatic rings. The average Bonchev–Trinajstić information content (AvgIpc) is 2.84. The van der Waals surface area contributed by atoms with Crippen LogP contribution in [-0.4, -0.2) is 35.6 Å². The van der Waals surface area contributed by atoms with Crippen LogP contribution < -0.4 is 5.32 Å². The molecular weight excluding hydrogens is 511 g/mol. The number of nitrogens with one attached hydrogen (secondary N) is 1. The average molecular weight is 536 g/mol. The normalized spacial score (nSPS) is 11.6. The highest BCUT2D eigenvalue weighted by Gasteiger charge is 2.29. The zero-order chi connectivity index (χ0) is 24.5. The van der Waals surface area contributed by atoms with Gasteiger partial charge in [-0.25, -0.2) is 0 Å². The maximum Gasteiger partial charge on any atom is 0.242 e. The number of benzene rings is 3. The number of likely N-dealkylation sites (N-methyl/N-ethyl adjacent to an activating group) is 1. The number of thioether (sulfide) groups is 1. The SMILES string of the molecule is CNC(=O)C(Cc1ccccc1)N(Cc1ccc(Cl)cc1)C(=O)CSCc1ccc(Cl)cc1Cl. The molecule has 8 heteroatoms. The summed E-state index contributed by atoms with van der Waals surface area (Å²) in [7, 11) is 1.59. The summed E-state index contributed by atoms with van der Waals surface area (Å²) in [6.45, 7) is 0.295. The molecule has 0 spiro atoms.